The van der Waals surface area contributed by atoms with Crippen molar-refractivity contribution < 1.29 is 22.3 Å². The monoisotopic (exact) mass is 539 g/mol. The zero-order valence-corrected chi connectivity index (χ0v) is 22.4. The van der Waals surface area contributed by atoms with E-state index in [-0.39, 0.29) is 23.3 Å². The third-order valence-electron chi connectivity index (χ3n) is 7.02. The summed E-state index contributed by atoms with van der Waals surface area (Å²) in [7, 11) is -2.00. The number of pyridine rings is 1. The maximum Gasteiger partial charge on any atom is 0.331 e. The van der Waals surface area contributed by atoms with E-state index in [1.54, 1.807) is 47.0 Å². The summed E-state index contributed by atoms with van der Waals surface area (Å²) in [6.45, 7) is 2.23. The molecule has 4 aromatic rings. The van der Waals surface area contributed by atoms with E-state index >= 15 is 0 Å². The molecule has 5 rings (SSSR count). The molecule has 1 aliphatic carbocycles. The number of aromatic nitrogens is 3. The van der Waals surface area contributed by atoms with Crippen LogP contribution >= 0.6 is 0 Å². The molecule has 1 unspecified atom stereocenters. The average Bonchev–Trinajstić information content (AvgIpc) is 3.12. The number of nitrogens with zero attached hydrogens (tertiary/aromatic N) is 3. The van der Waals surface area contributed by atoms with Gasteiger partial charge in [-0.25, -0.2) is 22.6 Å². The fourth-order valence-corrected chi connectivity index (χ4v) is 5.93. The highest BCUT2D eigenvalue weighted by Crippen LogP contribution is 2.37. The van der Waals surface area contributed by atoms with Gasteiger partial charge < -0.3 is 9.47 Å². The van der Waals surface area contributed by atoms with Crippen LogP contribution in [0.15, 0.2) is 59.5 Å². The summed E-state index contributed by atoms with van der Waals surface area (Å²) >= 11 is 0. The number of hydrogen-bond acceptors (Lipinski definition) is 6. The van der Waals surface area contributed by atoms with E-state index in [4.69, 9.17) is 9.47 Å². The Labute approximate surface area is 220 Å². The maximum absolute atomic E-state index is 14.6. The largest absolute Gasteiger partial charge is 0.493 e. The SMILES string of the molecule is CCOc1cc(C(CS(C)(=O)=O)n2c(=O)n(C3CCC3)c3cc(-c4ccccc4F)cnc32)ccc1OC. The van der Waals surface area contributed by atoms with Crippen molar-refractivity contribution in [2.45, 2.75) is 38.3 Å². The van der Waals surface area contributed by atoms with Crippen LogP contribution < -0.4 is 15.2 Å². The highest BCUT2D eigenvalue weighted by atomic mass is 32.2. The van der Waals surface area contributed by atoms with Crippen LogP contribution in [0.4, 0.5) is 4.39 Å². The van der Waals surface area contributed by atoms with Crippen LogP contribution in [0.5, 0.6) is 11.5 Å². The standard InChI is InChI=1S/C28H30FN3O5S/c1-4-37-26-15-18(12-13-25(26)36-2)24(17-38(3,34)35)32-27-23(31(28(32)33)20-8-7-9-20)14-19(16-30-27)21-10-5-6-11-22(21)29/h5-6,10-16,20,24H,4,7-9,17H2,1-3H3. The fourth-order valence-electron chi connectivity index (χ4n) is 5.02. The highest BCUT2D eigenvalue weighted by molar-refractivity contribution is 7.90. The number of methoxy groups -OCH3 is 1. The Morgan fingerprint density at radius 3 is 2.53 bits per heavy atom. The van der Waals surface area contributed by atoms with E-state index in [2.05, 4.69) is 4.98 Å². The number of imidazole rings is 1. The summed E-state index contributed by atoms with van der Waals surface area (Å²) in [5.41, 5.74) is 2.07. The van der Waals surface area contributed by atoms with E-state index in [1.807, 2.05) is 6.92 Å². The van der Waals surface area contributed by atoms with Gasteiger partial charge in [0.05, 0.1) is 31.0 Å². The molecule has 0 amide bonds. The van der Waals surface area contributed by atoms with Crippen LogP contribution in [0.3, 0.4) is 0 Å². The third kappa shape index (κ3) is 4.80. The fraction of sp³-hybridized carbons (Fsp3) is 0.357. The maximum atomic E-state index is 14.6. The normalized spacial score (nSPS) is 14.8. The first-order valence-corrected chi connectivity index (χ1v) is 14.6. The van der Waals surface area contributed by atoms with Crippen molar-refractivity contribution in [2.75, 3.05) is 25.7 Å². The van der Waals surface area contributed by atoms with Crippen molar-refractivity contribution in [1.82, 2.24) is 14.1 Å². The van der Waals surface area contributed by atoms with E-state index < -0.39 is 15.9 Å². The zero-order valence-electron chi connectivity index (χ0n) is 21.6. The highest BCUT2D eigenvalue weighted by Gasteiger charge is 2.31. The molecule has 2 aromatic heterocycles. The van der Waals surface area contributed by atoms with Gasteiger partial charge in [-0.15, -0.1) is 0 Å². The molecular weight excluding hydrogens is 509 g/mol. The van der Waals surface area contributed by atoms with Crippen LogP contribution in [0.25, 0.3) is 22.3 Å². The van der Waals surface area contributed by atoms with E-state index in [0.717, 1.165) is 25.5 Å². The number of hydrogen-bond donors (Lipinski definition) is 0. The Morgan fingerprint density at radius 2 is 1.89 bits per heavy atom. The lowest BCUT2D eigenvalue weighted by Crippen LogP contribution is -2.34. The molecule has 0 radical (unpaired) electrons. The molecule has 0 saturated heterocycles. The lowest BCUT2D eigenvalue weighted by atomic mass is 9.93. The molecule has 2 aromatic carbocycles. The number of halogens is 1. The molecule has 1 saturated carbocycles. The van der Waals surface area contributed by atoms with Crippen LogP contribution in [-0.2, 0) is 9.84 Å². The van der Waals surface area contributed by atoms with E-state index in [0.29, 0.717) is 46.0 Å². The second kappa shape index (κ2) is 10.2. The van der Waals surface area contributed by atoms with Gasteiger partial charge in [-0.05, 0) is 56.0 Å². The van der Waals surface area contributed by atoms with Crippen LogP contribution in [0.1, 0.15) is 43.8 Å². The molecule has 1 aliphatic rings. The molecule has 1 fully saturated rings. The Hall–Kier alpha value is -3.66. The predicted molar refractivity (Wildman–Crippen MR) is 144 cm³/mol. The van der Waals surface area contributed by atoms with Crippen LogP contribution in [0, 0.1) is 5.82 Å². The van der Waals surface area contributed by atoms with Crippen molar-refractivity contribution in [3.63, 3.8) is 0 Å². The summed E-state index contributed by atoms with van der Waals surface area (Å²) in [6.07, 6.45) is 5.33. The number of sulfone groups is 1. The van der Waals surface area contributed by atoms with Gasteiger partial charge in [-0.2, -0.15) is 0 Å². The van der Waals surface area contributed by atoms with Crippen LogP contribution in [-0.4, -0.2) is 48.3 Å². The Kier molecular flexibility index (Phi) is 7.00. The van der Waals surface area contributed by atoms with Gasteiger partial charge in [-0.3, -0.25) is 9.13 Å². The molecule has 0 N–H and O–H groups in total. The van der Waals surface area contributed by atoms with E-state index in [1.165, 1.54) is 23.9 Å². The summed E-state index contributed by atoms with van der Waals surface area (Å²) in [5.74, 6) is 0.259. The summed E-state index contributed by atoms with van der Waals surface area (Å²) < 4.78 is 54.1. The van der Waals surface area contributed by atoms with Gasteiger partial charge in [0, 0.05) is 29.6 Å². The van der Waals surface area contributed by atoms with Gasteiger partial charge in [0.2, 0.25) is 0 Å². The lowest BCUT2D eigenvalue weighted by Gasteiger charge is -2.26. The molecule has 2 heterocycles. The van der Waals surface area contributed by atoms with Gasteiger partial charge in [-0.1, -0.05) is 24.3 Å². The zero-order chi connectivity index (χ0) is 27.0. The molecule has 0 bridgehead atoms. The minimum absolute atomic E-state index is 0.0299. The minimum Gasteiger partial charge on any atom is -0.493 e. The third-order valence-corrected chi connectivity index (χ3v) is 7.94. The van der Waals surface area contributed by atoms with Crippen molar-refractivity contribution in [3.05, 3.63) is 76.6 Å². The second-order valence-corrected chi connectivity index (χ2v) is 11.8. The van der Waals surface area contributed by atoms with Crippen molar-refractivity contribution in [1.29, 1.82) is 0 Å². The molecule has 1 atom stereocenters. The molecule has 38 heavy (non-hydrogen) atoms. The topological polar surface area (TPSA) is 92.4 Å². The first-order valence-electron chi connectivity index (χ1n) is 12.6. The average molecular weight is 540 g/mol. The molecule has 0 spiro atoms. The van der Waals surface area contributed by atoms with Crippen LogP contribution in [0.2, 0.25) is 0 Å². The van der Waals surface area contributed by atoms with Gasteiger partial charge in [0.1, 0.15) is 15.7 Å². The molecule has 200 valence electrons. The number of rotatable bonds is 9. The first kappa shape index (κ1) is 26.0. The van der Waals surface area contributed by atoms with Gasteiger partial charge >= 0.3 is 5.69 Å². The second-order valence-electron chi connectivity index (χ2n) is 9.61. The quantitative estimate of drug-likeness (QED) is 0.304. The summed E-state index contributed by atoms with van der Waals surface area (Å²) in [4.78, 5) is 18.6. The van der Waals surface area contributed by atoms with Gasteiger partial charge in [0.15, 0.2) is 17.1 Å². The molecule has 10 heteroatoms. The minimum atomic E-state index is -3.52. The molecule has 8 nitrogen and oxygen atoms in total. The van der Waals surface area contributed by atoms with Crippen molar-refractivity contribution in [3.8, 4) is 22.6 Å². The van der Waals surface area contributed by atoms with Crippen molar-refractivity contribution in [2.24, 2.45) is 0 Å². The smallest absolute Gasteiger partial charge is 0.331 e. The Bertz CT molecular complexity index is 1660. The Balaban J connectivity index is 1.76. The van der Waals surface area contributed by atoms with E-state index in [9.17, 15) is 17.6 Å². The number of ether oxygens (including phenoxy) is 2. The Morgan fingerprint density at radius 1 is 1.13 bits per heavy atom. The predicted octanol–water partition coefficient (Wildman–Crippen LogP) is 4.77. The summed E-state index contributed by atoms with van der Waals surface area (Å²) in [6, 6.07) is 12.4. The molecule has 0 aliphatic heterocycles. The van der Waals surface area contributed by atoms with Crippen molar-refractivity contribution >= 4 is 21.0 Å². The van der Waals surface area contributed by atoms with Gasteiger partial charge in [0.25, 0.3) is 0 Å². The lowest BCUT2D eigenvalue weighted by molar-refractivity contribution is 0.308. The summed E-state index contributed by atoms with van der Waals surface area (Å²) in [5, 5.41) is 0. The first-order chi connectivity index (χ1) is 18.2. The number of fused-ring (bicyclic) bond motifs is 1. The molecular formula is C28H30FN3O5S. The number of benzene rings is 2.